The first-order valence-corrected chi connectivity index (χ1v) is 8.44. The molecule has 2 aromatic rings. The van der Waals surface area contributed by atoms with E-state index in [-0.39, 0.29) is 37.2 Å². The van der Waals surface area contributed by atoms with Crippen LogP contribution in [-0.2, 0) is 11.3 Å². The average molecular weight is 357 g/mol. The topological polar surface area (TPSA) is 93.1 Å². The largest absolute Gasteiger partial charge is 0.345 e. The molecule has 2 aromatic heterocycles. The minimum absolute atomic E-state index is 0.00914. The number of rotatable bonds is 5. The van der Waals surface area contributed by atoms with E-state index in [1.54, 1.807) is 7.05 Å². The fraction of sp³-hybridized carbons (Fsp3) is 0.444. The summed E-state index contributed by atoms with van der Waals surface area (Å²) < 4.78 is 14.4. The zero-order valence-electron chi connectivity index (χ0n) is 14.9. The molecule has 3 heterocycles. The Morgan fingerprint density at radius 3 is 2.92 bits per heavy atom. The molecule has 0 aromatic carbocycles. The second kappa shape index (κ2) is 6.75. The van der Waals surface area contributed by atoms with E-state index < -0.39 is 11.9 Å². The van der Waals surface area contributed by atoms with Crippen molar-refractivity contribution in [2.45, 2.75) is 32.9 Å². The number of amides is 2. The molecule has 26 heavy (non-hydrogen) atoms. The molecule has 0 fully saturated rings. The van der Waals surface area contributed by atoms with Crippen molar-refractivity contribution in [2.24, 2.45) is 5.92 Å². The first kappa shape index (κ1) is 17.9. The Morgan fingerprint density at radius 1 is 1.54 bits per heavy atom. The van der Waals surface area contributed by atoms with Crippen LogP contribution in [0.1, 0.15) is 36.2 Å². The van der Waals surface area contributed by atoms with Crippen molar-refractivity contribution in [3.63, 3.8) is 0 Å². The molecule has 136 valence electrons. The summed E-state index contributed by atoms with van der Waals surface area (Å²) in [4.78, 5) is 35.7. The lowest BCUT2D eigenvalue weighted by Gasteiger charge is -2.37. The highest BCUT2D eigenvalue weighted by atomic mass is 19.1. The molecule has 1 N–H and O–H groups in total. The molecule has 3 rings (SSSR count). The average Bonchev–Trinajstić information content (AvgIpc) is 3.04. The molecule has 1 aliphatic rings. The van der Waals surface area contributed by atoms with Gasteiger partial charge in [0.15, 0.2) is 0 Å². The molecule has 0 unspecified atom stereocenters. The number of hydrogen-bond acceptors (Lipinski definition) is 4. The summed E-state index contributed by atoms with van der Waals surface area (Å²) in [6.45, 7) is 3.98. The number of H-pyrrole nitrogens is 1. The number of hydrogen-bond donors (Lipinski definition) is 1. The monoisotopic (exact) mass is 357 g/mol. The number of halogens is 1. The quantitative estimate of drug-likeness (QED) is 0.886. The number of nitrogens with one attached hydrogen (secondary N) is 1. The van der Waals surface area contributed by atoms with Gasteiger partial charge in [-0.2, -0.15) is 5.26 Å². The van der Waals surface area contributed by atoms with E-state index in [4.69, 9.17) is 5.26 Å². The molecule has 1 aliphatic heterocycles. The van der Waals surface area contributed by atoms with Crippen LogP contribution in [-0.4, -0.2) is 51.2 Å². The van der Waals surface area contributed by atoms with E-state index in [9.17, 15) is 14.0 Å². The van der Waals surface area contributed by atoms with Gasteiger partial charge in [-0.25, -0.2) is 9.37 Å². The normalized spacial score (nSPS) is 14.6. The van der Waals surface area contributed by atoms with Crippen molar-refractivity contribution in [3.8, 4) is 6.07 Å². The summed E-state index contributed by atoms with van der Waals surface area (Å²) in [5.74, 6) is -1.24. The van der Waals surface area contributed by atoms with E-state index in [2.05, 4.69) is 9.97 Å². The Labute approximate surface area is 150 Å². The number of carbonyl (C=O) groups is 2. The van der Waals surface area contributed by atoms with Gasteiger partial charge >= 0.3 is 0 Å². The highest BCUT2D eigenvalue weighted by molar-refractivity contribution is 6.10. The number of carbonyl (C=O) groups excluding carboxylic acids is 2. The second-order valence-electron chi connectivity index (χ2n) is 6.80. The Morgan fingerprint density at radius 2 is 2.27 bits per heavy atom. The van der Waals surface area contributed by atoms with E-state index >= 15 is 0 Å². The molecule has 0 spiro atoms. The maximum atomic E-state index is 14.4. The predicted octanol–water partition coefficient (Wildman–Crippen LogP) is 2.05. The molecule has 0 saturated carbocycles. The van der Waals surface area contributed by atoms with Gasteiger partial charge in [-0.15, -0.1) is 0 Å². The van der Waals surface area contributed by atoms with Crippen LogP contribution in [0.2, 0.25) is 0 Å². The molecule has 0 saturated heterocycles. The fourth-order valence-electron chi connectivity index (χ4n) is 3.42. The summed E-state index contributed by atoms with van der Waals surface area (Å²) >= 11 is 0. The Kier molecular flexibility index (Phi) is 4.64. The van der Waals surface area contributed by atoms with Crippen LogP contribution >= 0.6 is 0 Å². The van der Waals surface area contributed by atoms with Gasteiger partial charge in [0.2, 0.25) is 5.91 Å². The fourth-order valence-corrected chi connectivity index (χ4v) is 3.42. The van der Waals surface area contributed by atoms with Crippen LogP contribution in [0.15, 0.2) is 12.4 Å². The minimum Gasteiger partial charge on any atom is -0.345 e. The molecule has 2 amide bonds. The second-order valence-corrected chi connectivity index (χ2v) is 6.80. The first-order chi connectivity index (χ1) is 12.4. The highest BCUT2D eigenvalue weighted by Crippen LogP contribution is 2.33. The molecular formula is C18H20FN5O2. The standard InChI is InChI=1S/C18H20FN5O2/c1-10(2)15(18(26)23(3)6-4-5-20)24-9-12-13(19)8-22-16-14(12)11(7-21-16)17(24)25/h7-8,10,15H,4,6,9H2,1-3H3,(H,21,22)/t15-/m1/s1. The van der Waals surface area contributed by atoms with Crippen LogP contribution < -0.4 is 0 Å². The SMILES string of the molecule is CC(C)[C@H](C(=O)N(C)CCC#N)N1Cc2c(F)cnc3[nH]cc(c23)C1=O. The molecule has 8 heteroatoms. The van der Waals surface area contributed by atoms with Crippen LogP contribution in [0.5, 0.6) is 0 Å². The predicted molar refractivity (Wildman–Crippen MR) is 92.4 cm³/mol. The van der Waals surface area contributed by atoms with Crippen molar-refractivity contribution in [3.05, 3.63) is 29.3 Å². The van der Waals surface area contributed by atoms with E-state index in [0.29, 0.717) is 22.2 Å². The van der Waals surface area contributed by atoms with Crippen molar-refractivity contribution in [2.75, 3.05) is 13.6 Å². The number of aromatic nitrogens is 2. The van der Waals surface area contributed by atoms with E-state index in [0.717, 1.165) is 6.20 Å². The summed E-state index contributed by atoms with van der Waals surface area (Å²) in [5.41, 5.74) is 1.15. The van der Waals surface area contributed by atoms with Gasteiger partial charge < -0.3 is 14.8 Å². The van der Waals surface area contributed by atoms with Gasteiger partial charge in [-0.05, 0) is 5.92 Å². The van der Waals surface area contributed by atoms with E-state index in [1.165, 1.54) is 16.0 Å². The van der Waals surface area contributed by atoms with Crippen molar-refractivity contribution < 1.29 is 14.0 Å². The van der Waals surface area contributed by atoms with Crippen LogP contribution in [0.4, 0.5) is 4.39 Å². The third kappa shape index (κ3) is 2.79. The molecule has 0 radical (unpaired) electrons. The van der Waals surface area contributed by atoms with Crippen LogP contribution in [0.25, 0.3) is 11.0 Å². The molecular weight excluding hydrogens is 337 g/mol. The summed E-state index contributed by atoms with van der Waals surface area (Å²) in [5, 5.41) is 9.22. The van der Waals surface area contributed by atoms with Gasteiger partial charge in [-0.1, -0.05) is 13.8 Å². The lowest BCUT2D eigenvalue weighted by molar-refractivity contribution is -0.136. The molecule has 7 nitrogen and oxygen atoms in total. The van der Waals surface area contributed by atoms with Crippen molar-refractivity contribution in [1.82, 2.24) is 19.8 Å². The van der Waals surface area contributed by atoms with Gasteiger partial charge in [-0.3, -0.25) is 9.59 Å². The maximum Gasteiger partial charge on any atom is 0.257 e. The third-order valence-corrected chi connectivity index (χ3v) is 4.73. The maximum absolute atomic E-state index is 14.4. The summed E-state index contributed by atoms with van der Waals surface area (Å²) in [6, 6.07) is 1.27. The third-order valence-electron chi connectivity index (χ3n) is 4.73. The zero-order chi connectivity index (χ0) is 19.0. The van der Waals surface area contributed by atoms with E-state index in [1.807, 2.05) is 19.9 Å². The Hall–Kier alpha value is -2.95. The smallest absolute Gasteiger partial charge is 0.257 e. The molecule has 0 aliphatic carbocycles. The lowest BCUT2D eigenvalue weighted by Crippen LogP contribution is -2.53. The molecule has 0 bridgehead atoms. The first-order valence-electron chi connectivity index (χ1n) is 8.44. The molecule has 1 atom stereocenters. The lowest BCUT2D eigenvalue weighted by atomic mass is 9.95. The summed E-state index contributed by atoms with van der Waals surface area (Å²) in [7, 11) is 1.61. The van der Waals surface area contributed by atoms with Crippen molar-refractivity contribution >= 4 is 22.8 Å². The van der Waals surface area contributed by atoms with Gasteiger partial charge in [0, 0.05) is 30.7 Å². The van der Waals surface area contributed by atoms with Gasteiger partial charge in [0.25, 0.3) is 5.91 Å². The number of nitrogens with zero attached hydrogens (tertiary/aromatic N) is 4. The van der Waals surface area contributed by atoms with Crippen molar-refractivity contribution in [1.29, 1.82) is 5.26 Å². The highest BCUT2D eigenvalue weighted by Gasteiger charge is 2.39. The number of nitriles is 1. The van der Waals surface area contributed by atoms with Crippen LogP contribution in [0.3, 0.4) is 0 Å². The zero-order valence-corrected chi connectivity index (χ0v) is 14.9. The Balaban J connectivity index is 1.99. The number of pyridine rings is 1. The Bertz CT molecular complexity index is 914. The number of likely N-dealkylation sites (N-methyl/N-ethyl adjacent to an activating group) is 1. The van der Waals surface area contributed by atoms with Gasteiger partial charge in [0.1, 0.15) is 17.5 Å². The number of aromatic amines is 1. The minimum atomic E-state index is -0.739. The van der Waals surface area contributed by atoms with Crippen LogP contribution in [0, 0.1) is 23.1 Å². The van der Waals surface area contributed by atoms with Gasteiger partial charge in [0.05, 0.1) is 30.8 Å². The summed E-state index contributed by atoms with van der Waals surface area (Å²) in [6.07, 6.45) is 2.84.